The Bertz CT molecular complexity index is 532. The fraction of sp³-hybridized carbons (Fsp3) is 0.333. The summed E-state index contributed by atoms with van der Waals surface area (Å²) in [6.07, 6.45) is -3.63. The summed E-state index contributed by atoms with van der Waals surface area (Å²) in [6, 6.07) is 1.07. The zero-order valence-electron chi connectivity index (χ0n) is 9.94. The Kier molecular flexibility index (Phi) is 5.19. The normalized spacial score (nSPS) is 10.6. The second-order valence-electron chi connectivity index (χ2n) is 3.59. The molecular formula is C12H10ClF3N2O. The summed E-state index contributed by atoms with van der Waals surface area (Å²) in [6.45, 7) is 1.63. The van der Waals surface area contributed by atoms with Crippen molar-refractivity contribution in [2.45, 2.75) is 19.5 Å². The van der Waals surface area contributed by atoms with Crippen LogP contribution in [0.1, 0.15) is 24.5 Å². The second-order valence-corrected chi connectivity index (χ2v) is 3.97. The van der Waals surface area contributed by atoms with Gasteiger partial charge in [-0.25, -0.2) is 4.98 Å². The third-order valence-electron chi connectivity index (χ3n) is 2.02. The molecule has 0 aliphatic heterocycles. The van der Waals surface area contributed by atoms with Gasteiger partial charge in [-0.2, -0.15) is 13.2 Å². The van der Waals surface area contributed by atoms with E-state index in [4.69, 9.17) is 11.6 Å². The highest BCUT2D eigenvalue weighted by Gasteiger charge is 2.33. The molecule has 0 aromatic carbocycles. The van der Waals surface area contributed by atoms with Crippen LogP contribution in [-0.4, -0.2) is 17.4 Å². The molecular weight excluding hydrogens is 281 g/mol. The fourth-order valence-corrected chi connectivity index (χ4v) is 1.38. The van der Waals surface area contributed by atoms with E-state index in [9.17, 15) is 18.0 Å². The highest BCUT2D eigenvalue weighted by molar-refractivity contribution is 6.29. The number of nitrogens with one attached hydrogen (secondary N) is 1. The van der Waals surface area contributed by atoms with Crippen molar-refractivity contribution in [2.24, 2.45) is 0 Å². The molecule has 0 atom stereocenters. The number of halogens is 4. The summed E-state index contributed by atoms with van der Waals surface area (Å²) in [5.41, 5.74) is -1.15. The monoisotopic (exact) mass is 290 g/mol. The molecule has 0 bridgehead atoms. The summed E-state index contributed by atoms with van der Waals surface area (Å²) >= 11 is 5.55. The summed E-state index contributed by atoms with van der Waals surface area (Å²) in [5.74, 6) is 4.72. The number of carbonyl (C=O) groups excluding carboxylic acids is 1. The second kappa shape index (κ2) is 6.43. The number of rotatable bonds is 2. The van der Waals surface area contributed by atoms with Crippen molar-refractivity contribution >= 4 is 17.5 Å². The molecule has 1 N–H and O–H groups in total. The molecule has 0 fully saturated rings. The van der Waals surface area contributed by atoms with Gasteiger partial charge >= 0.3 is 6.18 Å². The van der Waals surface area contributed by atoms with Crippen molar-refractivity contribution in [1.82, 2.24) is 10.3 Å². The zero-order valence-corrected chi connectivity index (χ0v) is 10.7. The van der Waals surface area contributed by atoms with Gasteiger partial charge in [-0.15, -0.1) is 0 Å². The summed E-state index contributed by atoms with van der Waals surface area (Å²) in [7, 11) is 0. The lowest BCUT2D eigenvalue weighted by Crippen LogP contribution is -2.20. The third-order valence-corrected chi connectivity index (χ3v) is 2.23. The van der Waals surface area contributed by atoms with Crippen LogP contribution in [0.2, 0.25) is 5.15 Å². The molecule has 1 aromatic rings. The molecule has 0 radical (unpaired) electrons. The Hall–Kier alpha value is -1.74. The van der Waals surface area contributed by atoms with Crippen molar-refractivity contribution in [3.8, 4) is 11.8 Å². The van der Waals surface area contributed by atoms with E-state index in [1.165, 1.54) is 6.92 Å². The number of hydrogen-bond acceptors (Lipinski definition) is 2. The van der Waals surface area contributed by atoms with Gasteiger partial charge in [0, 0.05) is 31.6 Å². The number of carbonyl (C=O) groups is 1. The van der Waals surface area contributed by atoms with Crippen molar-refractivity contribution in [2.75, 3.05) is 6.54 Å². The van der Waals surface area contributed by atoms with E-state index < -0.39 is 11.7 Å². The Morgan fingerprint density at radius 1 is 1.53 bits per heavy atom. The lowest BCUT2D eigenvalue weighted by Gasteiger charge is -2.08. The quantitative estimate of drug-likeness (QED) is 0.517. The van der Waals surface area contributed by atoms with Crippen LogP contribution in [0.4, 0.5) is 13.2 Å². The van der Waals surface area contributed by atoms with Gasteiger partial charge < -0.3 is 5.32 Å². The largest absolute Gasteiger partial charge is 0.419 e. The van der Waals surface area contributed by atoms with Crippen LogP contribution in [0.5, 0.6) is 0 Å². The Morgan fingerprint density at radius 2 is 2.21 bits per heavy atom. The van der Waals surface area contributed by atoms with Crippen LogP contribution in [0, 0.1) is 11.8 Å². The molecule has 1 rings (SSSR count). The van der Waals surface area contributed by atoms with E-state index in [0.717, 1.165) is 6.07 Å². The summed E-state index contributed by atoms with van der Waals surface area (Å²) < 4.78 is 38.0. The topological polar surface area (TPSA) is 42.0 Å². The molecule has 7 heteroatoms. The van der Waals surface area contributed by atoms with Gasteiger partial charge in [0.15, 0.2) is 0 Å². The molecule has 0 aliphatic carbocycles. The Balaban J connectivity index is 2.85. The van der Waals surface area contributed by atoms with Gasteiger partial charge in [0.25, 0.3) is 0 Å². The average Bonchev–Trinajstić information content (AvgIpc) is 2.26. The lowest BCUT2D eigenvalue weighted by molar-refractivity contribution is -0.138. The highest BCUT2D eigenvalue weighted by atomic mass is 35.5. The molecule has 1 amide bonds. The first kappa shape index (κ1) is 15.3. The fourth-order valence-electron chi connectivity index (χ4n) is 1.22. The van der Waals surface area contributed by atoms with Crippen molar-refractivity contribution < 1.29 is 18.0 Å². The number of pyridine rings is 1. The van der Waals surface area contributed by atoms with Gasteiger partial charge in [-0.05, 0) is 6.07 Å². The van der Waals surface area contributed by atoms with E-state index in [2.05, 4.69) is 22.1 Å². The van der Waals surface area contributed by atoms with Gasteiger partial charge in [0.2, 0.25) is 5.91 Å². The molecule has 3 nitrogen and oxygen atoms in total. The molecule has 1 aromatic heterocycles. The molecule has 0 unspecified atom stereocenters. The highest BCUT2D eigenvalue weighted by Crippen LogP contribution is 2.31. The van der Waals surface area contributed by atoms with E-state index in [1.807, 2.05) is 0 Å². The van der Waals surface area contributed by atoms with Crippen molar-refractivity contribution in [1.29, 1.82) is 0 Å². The minimum absolute atomic E-state index is 0.0563. The maximum Gasteiger partial charge on any atom is 0.419 e. The van der Waals surface area contributed by atoms with Crippen LogP contribution < -0.4 is 5.32 Å². The maximum absolute atomic E-state index is 12.7. The number of amides is 1. The average molecular weight is 291 g/mol. The third kappa shape index (κ3) is 5.18. The van der Waals surface area contributed by atoms with Crippen LogP contribution in [0.25, 0.3) is 0 Å². The SMILES string of the molecule is CC(=O)NCCC#Cc1cc(Cl)ncc1C(F)(F)F. The predicted octanol–water partition coefficient (Wildman–Crippen LogP) is 2.63. The van der Waals surface area contributed by atoms with Gasteiger partial charge in [-0.3, -0.25) is 4.79 Å². The van der Waals surface area contributed by atoms with E-state index >= 15 is 0 Å². The molecule has 1 heterocycles. The van der Waals surface area contributed by atoms with E-state index in [1.54, 1.807) is 0 Å². The summed E-state index contributed by atoms with van der Waals surface area (Å²) in [4.78, 5) is 14.0. The molecule has 0 aliphatic rings. The Morgan fingerprint density at radius 3 is 2.79 bits per heavy atom. The van der Waals surface area contributed by atoms with Gasteiger partial charge in [0.1, 0.15) is 5.15 Å². The zero-order chi connectivity index (χ0) is 14.5. The molecule has 0 spiro atoms. The first-order valence-corrected chi connectivity index (χ1v) is 5.64. The maximum atomic E-state index is 12.7. The standard InChI is InChI=1S/C12H10ClF3N2O/c1-8(19)17-5-3-2-4-9-6-11(13)18-7-10(9)12(14,15)16/h6-7H,3,5H2,1H3,(H,17,19). The van der Waals surface area contributed by atoms with E-state index in [0.29, 0.717) is 6.20 Å². The number of alkyl halides is 3. The lowest BCUT2D eigenvalue weighted by atomic mass is 10.1. The molecule has 19 heavy (non-hydrogen) atoms. The van der Waals surface area contributed by atoms with Crippen molar-refractivity contribution in [3.05, 3.63) is 28.5 Å². The Labute approximate surface area is 113 Å². The minimum atomic E-state index is -4.53. The van der Waals surface area contributed by atoms with E-state index in [-0.39, 0.29) is 29.6 Å². The number of nitrogens with zero attached hydrogens (tertiary/aromatic N) is 1. The van der Waals surface area contributed by atoms with Crippen LogP contribution >= 0.6 is 11.6 Å². The summed E-state index contributed by atoms with van der Waals surface area (Å²) in [5, 5.41) is 2.43. The molecule has 102 valence electrons. The van der Waals surface area contributed by atoms with Crippen LogP contribution in [0.15, 0.2) is 12.3 Å². The smallest absolute Gasteiger partial charge is 0.355 e. The first-order valence-electron chi connectivity index (χ1n) is 5.26. The predicted molar refractivity (Wildman–Crippen MR) is 64.4 cm³/mol. The molecule has 0 saturated heterocycles. The number of hydrogen-bond donors (Lipinski definition) is 1. The number of aromatic nitrogens is 1. The van der Waals surface area contributed by atoms with Gasteiger partial charge in [-0.1, -0.05) is 23.4 Å². The van der Waals surface area contributed by atoms with Gasteiger partial charge in [0.05, 0.1) is 5.56 Å². The van der Waals surface area contributed by atoms with Crippen LogP contribution in [-0.2, 0) is 11.0 Å². The van der Waals surface area contributed by atoms with Crippen molar-refractivity contribution in [3.63, 3.8) is 0 Å². The molecule has 0 saturated carbocycles. The first-order chi connectivity index (χ1) is 8.80. The van der Waals surface area contributed by atoms with Crippen LogP contribution in [0.3, 0.4) is 0 Å². The minimum Gasteiger partial charge on any atom is -0.355 e.